The van der Waals surface area contributed by atoms with E-state index in [1.54, 1.807) is 0 Å². The van der Waals surface area contributed by atoms with Crippen molar-refractivity contribution in [3.8, 4) is 0 Å². The molecule has 4 rings (SSSR count). The normalized spacial score (nSPS) is 19.3. The van der Waals surface area contributed by atoms with Crippen molar-refractivity contribution in [2.75, 3.05) is 36.4 Å². The van der Waals surface area contributed by atoms with E-state index in [4.69, 9.17) is 0 Å². The summed E-state index contributed by atoms with van der Waals surface area (Å²) in [5.74, 6) is -0.875. The molecule has 2 aromatic rings. The molecule has 0 bridgehead atoms. The first kappa shape index (κ1) is 21.7. The van der Waals surface area contributed by atoms with Gasteiger partial charge in [-0.05, 0) is 24.3 Å². The van der Waals surface area contributed by atoms with E-state index in [1.165, 1.54) is 18.2 Å². The minimum absolute atomic E-state index is 0.229. The Morgan fingerprint density at radius 3 is 2.28 bits per heavy atom. The summed E-state index contributed by atoms with van der Waals surface area (Å²) in [5.41, 5.74) is -0.207. The minimum Gasteiger partial charge on any atom is -0.368 e. The number of carbonyl (C=O) groups is 2. The molecule has 2 aliphatic heterocycles. The van der Waals surface area contributed by atoms with Crippen molar-refractivity contribution in [3.63, 3.8) is 0 Å². The Labute approximate surface area is 182 Å². The molecule has 7 nitrogen and oxygen atoms in total. The van der Waals surface area contributed by atoms with E-state index >= 15 is 0 Å². The molecule has 0 radical (unpaired) electrons. The minimum atomic E-state index is -4.61. The van der Waals surface area contributed by atoms with E-state index in [9.17, 15) is 22.8 Å². The third-order valence-electron chi connectivity index (χ3n) is 5.40. The molecule has 2 amide bonds. The Balaban J connectivity index is 1.45. The molecule has 10 heteroatoms. The number of nitrogens with zero attached hydrogens (tertiary/aromatic N) is 3. The van der Waals surface area contributed by atoms with Gasteiger partial charge in [0.15, 0.2) is 0 Å². The van der Waals surface area contributed by atoms with Crippen molar-refractivity contribution in [2.24, 2.45) is 4.99 Å². The second-order valence-electron chi connectivity index (χ2n) is 7.56. The van der Waals surface area contributed by atoms with Gasteiger partial charge >= 0.3 is 6.18 Å². The second-order valence-corrected chi connectivity index (χ2v) is 7.56. The molecule has 0 unspecified atom stereocenters. The van der Waals surface area contributed by atoms with Crippen LogP contribution in [-0.4, -0.2) is 54.9 Å². The second kappa shape index (κ2) is 8.89. The maximum atomic E-state index is 13.2. The predicted octanol–water partition coefficient (Wildman–Crippen LogP) is 2.71. The molecule has 32 heavy (non-hydrogen) atoms. The Bertz CT molecular complexity index is 1020. The molecule has 2 aliphatic rings. The number of benzene rings is 2. The summed E-state index contributed by atoms with van der Waals surface area (Å²) in [6.45, 7) is 2.57. The number of amides is 2. The summed E-state index contributed by atoms with van der Waals surface area (Å²) >= 11 is 0. The number of hydrogen-bond donors (Lipinski definition) is 2. The van der Waals surface area contributed by atoms with Gasteiger partial charge in [0.25, 0.3) is 0 Å². The first-order chi connectivity index (χ1) is 15.3. The van der Waals surface area contributed by atoms with Gasteiger partial charge in [-0.25, -0.2) is 4.99 Å². The highest BCUT2D eigenvalue weighted by Crippen LogP contribution is 2.34. The topological polar surface area (TPSA) is 77.0 Å². The maximum Gasteiger partial charge on any atom is 0.418 e. The van der Waals surface area contributed by atoms with Gasteiger partial charge in [-0.15, -0.1) is 0 Å². The molecular weight excluding hydrogens is 423 g/mol. The van der Waals surface area contributed by atoms with E-state index in [2.05, 4.69) is 20.5 Å². The quantitative estimate of drug-likeness (QED) is 0.762. The lowest BCUT2D eigenvalue weighted by atomic mass is 10.1. The average Bonchev–Trinajstić information content (AvgIpc) is 2.79. The van der Waals surface area contributed by atoms with E-state index in [1.807, 2.05) is 35.2 Å². The molecule has 0 aliphatic carbocycles. The van der Waals surface area contributed by atoms with Crippen LogP contribution in [0.5, 0.6) is 0 Å². The number of alkyl halides is 3. The van der Waals surface area contributed by atoms with Gasteiger partial charge in [-0.1, -0.05) is 30.3 Å². The summed E-state index contributed by atoms with van der Waals surface area (Å²) in [7, 11) is 0. The maximum absolute atomic E-state index is 13.2. The molecule has 1 saturated heterocycles. The summed E-state index contributed by atoms with van der Waals surface area (Å²) in [4.78, 5) is 33.3. The number of para-hydroxylation sites is 2. The van der Waals surface area contributed by atoms with Gasteiger partial charge in [-0.2, -0.15) is 13.2 Å². The van der Waals surface area contributed by atoms with Crippen molar-refractivity contribution in [1.82, 2.24) is 10.2 Å². The zero-order chi connectivity index (χ0) is 22.7. The van der Waals surface area contributed by atoms with E-state index in [-0.39, 0.29) is 18.1 Å². The molecule has 0 spiro atoms. The van der Waals surface area contributed by atoms with Crippen LogP contribution in [0.15, 0.2) is 59.6 Å². The molecule has 2 N–H and O–H groups in total. The number of rotatable bonds is 3. The largest absolute Gasteiger partial charge is 0.418 e. The third kappa shape index (κ3) is 4.84. The molecule has 0 saturated carbocycles. The van der Waals surface area contributed by atoms with Crippen molar-refractivity contribution in [3.05, 3.63) is 60.2 Å². The fourth-order valence-electron chi connectivity index (χ4n) is 3.76. The van der Waals surface area contributed by atoms with E-state index in [0.717, 1.165) is 11.8 Å². The fourth-order valence-corrected chi connectivity index (χ4v) is 3.76. The number of piperazine rings is 1. The lowest BCUT2D eigenvalue weighted by Gasteiger charge is -2.38. The number of guanidine groups is 1. The molecule has 1 atom stereocenters. The summed E-state index contributed by atoms with van der Waals surface area (Å²) in [5, 5.41) is 4.97. The molecule has 168 valence electrons. The predicted molar refractivity (Wildman–Crippen MR) is 114 cm³/mol. The van der Waals surface area contributed by atoms with Crippen LogP contribution < -0.4 is 15.5 Å². The lowest BCUT2D eigenvalue weighted by molar-refractivity contribution is -0.137. The van der Waals surface area contributed by atoms with Crippen molar-refractivity contribution < 1.29 is 22.8 Å². The van der Waals surface area contributed by atoms with Gasteiger partial charge in [-0.3, -0.25) is 14.9 Å². The van der Waals surface area contributed by atoms with Crippen LogP contribution in [0.1, 0.15) is 12.0 Å². The first-order valence-corrected chi connectivity index (χ1v) is 10.2. The number of anilines is 2. The van der Waals surface area contributed by atoms with Crippen LogP contribution in [0.3, 0.4) is 0 Å². The number of carbonyl (C=O) groups excluding carboxylic acids is 2. The van der Waals surface area contributed by atoms with E-state index < -0.39 is 29.6 Å². The van der Waals surface area contributed by atoms with E-state index in [0.29, 0.717) is 26.2 Å². The number of halogens is 3. The molecule has 1 fully saturated rings. The van der Waals surface area contributed by atoms with Crippen LogP contribution in [0.2, 0.25) is 0 Å². The number of nitrogens with one attached hydrogen (secondary N) is 2. The summed E-state index contributed by atoms with van der Waals surface area (Å²) in [6.07, 6.45) is -4.84. The zero-order valence-electron chi connectivity index (χ0n) is 17.1. The average molecular weight is 445 g/mol. The molecule has 2 aromatic carbocycles. The smallest absolute Gasteiger partial charge is 0.368 e. The van der Waals surface area contributed by atoms with Crippen LogP contribution in [-0.2, 0) is 15.8 Å². The van der Waals surface area contributed by atoms with Gasteiger partial charge in [0, 0.05) is 31.9 Å². The molecular formula is C22H22F3N5O2. The van der Waals surface area contributed by atoms with Crippen LogP contribution in [0, 0.1) is 0 Å². The van der Waals surface area contributed by atoms with Crippen molar-refractivity contribution in [1.29, 1.82) is 0 Å². The lowest BCUT2D eigenvalue weighted by Crippen LogP contribution is -2.56. The van der Waals surface area contributed by atoms with Crippen molar-refractivity contribution >= 4 is 29.1 Å². The van der Waals surface area contributed by atoms with Crippen LogP contribution in [0.4, 0.5) is 24.5 Å². The SMILES string of the molecule is O=C1C[C@H](C(=O)Nc2ccccc2C(F)(F)F)N=C(N2CCN(c3ccccc3)CC2)N1. The number of aliphatic imine (C=N–C) groups is 1. The fraction of sp³-hybridized carbons (Fsp3) is 0.318. The van der Waals surface area contributed by atoms with Crippen molar-refractivity contribution in [2.45, 2.75) is 18.6 Å². The summed E-state index contributed by atoms with van der Waals surface area (Å²) < 4.78 is 39.6. The van der Waals surface area contributed by atoms with Crippen LogP contribution >= 0.6 is 0 Å². The van der Waals surface area contributed by atoms with Gasteiger partial charge in [0.05, 0.1) is 17.7 Å². The molecule has 2 heterocycles. The standard InChI is InChI=1S/C22H22F3N5O2/c23-22(24,25)16-8-4-5-9-17(16)26-20(32)18-14-19(31)28-21(27-18)30-12-10-29(11-13-30)15-6-2-1-3-7-15/h1-9,18H,10-14H2,(H,26,32)(H,27,28,31)/t18-/m1/s1. The number of hydrogen-bond acceptors (Lipinski definition) is 5. The summed E-state index contributed by atoms with van der Waals surface area (Å²) in [6, 6.07) is 13.5. The Morgan fingerprint density at radius 1 is 0.969 bits per heavy atom. The van der Waals surface area contributed by atoms with Gasteiger partial charge in [0.1, 0.15) is 6.04 Å². The zero-order valence-corrected chi connectivity index (χ0v) is 17.1. The monoisotopic (exact) mass is 445 g/mol. The highest BCUT2D eigenvalue weighted by Gasteiger charge is 2.35. The third-order valence-corrected chi connectivity index (χ3v) is 5.40. The highest BCUT2D eigenvalue weighted by molar-refractivity contribution is 6.06. The van der Waals surface area contributed by atoms with Gasteiger partial charge in [0.2, 0.25) is 17.8 Å². The Morgan fingerprint density at radius 2 is 1.59 bits per heavy atom. The Hall–Kier alpha value is -3.56. The van der Waals surface area contributed by atoms with Crippen LogP contribution in [0.25, 0.3) is 0 Å². The van der Waals surface area contributed by atoms with Gasteiger partial charge < -0.3 is 15.1 Å². The first-order valence-electron chi connectivity index (χ1n) is 10.2. The molecule has 0 aromatic heterocycles. The highest BCUT2D eigenvalue weighted by atomic mass is 19.4. The Kier molecular flexibility index (Phi) is 6.02.